The Morgan fingerprint density at radius 1 is 1.43 bits per heavy atom. The molecule has 9 heteroatoms. The first-order valence-electron chi connectivity index (χ1n) is 6.28. The van der Waals surface area contributed by atoms with Crippen LogP contribution in [0.15, 0.2) is 21.5 Å². The Kier molecular flexibility index (Phi) is 4.89. The minimum Gasteiger partial charge on any atom is -0.396 e. The SMILES string of the molecule is Nc1cc(S(=O)(=O)NCC2(O)CCOCC2)c(Br)cc1F. The Hall–Kier alpha value is -0.740. The van der Waals surface area contributed by atoms with E-state index in [4.69, 9.17) is 10.5 Å². The molecule has 1 fully saturated rings. The third-order valence-electron chi connectivity index (χ3n) is 3.36. The molecule has 0 unspecified atom stereocenters. The average molecular weight is 383 g/mol. The van der Waals surface area contributed by atoms with Crippen molar-refractivity contribution in [2.75, 3.05) is 25.5 Å². The number of ether oxygens (including phenoxy) is 1. The topological polar surface area (TPSA) is 102 Å². The summed E-state index contributed by atoms with van der Waals surface area (Å²) in [7, 11) is -3.91. The highest BCUT2D eigenvalue weighted by Crippen LogP contribution is 2.27. The van der Waals surface area contributed by atoms with E-state index in [-0.39, 0.29) is 21.6 Å². The molecule has 118 valence electrons. The molecule has 0 atom stereocenters. The van der Waals surface area contributed by atoms with Gasteiger partial charge in [-0.05, 0) is 28.1 Å². The summed E-state index contributed by atoms with van der Waals surface area (Å²) in [4.78, 5) is -0.169. The molecule has 0 amide bonds. The second-order valence-corrected chi connectivity index (χ2v) is 7.56. The van der Waals surface area contributed by atoms with Crippen LogP contribution in [0.4, 0.5) is 10.1 Å². The Balaban J connectivity index is 2.17. The molecule has 1 saturated heterocycles. The highest BCUT2D eigenvalue weighted by molar-refractivity contribution is 9.10. The van der Waals surface area contributed by atoms with E-state index in [1.54, 1.807) is 0 Å². The highest BCUT2D eigenvalue weighted by Gasteiger charge is 2.32. The molecule has 21 heavy (non-hydrogen) atoms. The number of aliphatic hydroxyl groups is 1. The van der Waals surface area contributed by atoms with Crippen LogP contribution in [0.1, 0.15) is 12.8 Å². The first kappa shape index (κ1) is 16.6. The van der Waals surface area contributed by atoms with Crippen LogP contribution in [-0.4, -0.2) is 38.9 Å². The molecule has 1 aliphatic heterocycles. The van der Waals surface area contributed by atoms with Crippen molar-refractivity contribution in [1.29, 1.82) is 0 Å². The fraction of sp³-hybridized carbons (Fsp3) is 0.500. The lowest BCUT2D eigenvalue weighted by molar-refractivity contribution is -0.0588. The van der Waals surface area contributed by atoms with Crippen molar-refractivity contribution in [3.05, 3.63) is 22.4 Å². The maximum absolute atomic E-state index is 13.3. The number of rotatable bonds is 4. The lowest BCUT2D eigenvalue weighted by Crippen LogP contribution is -2.46. The van der Waals surface area contributed by atoms with Crippen molar-refractivity contribution in [3.63, 3.8) is 0 Å². The molecular formula is C12H16BrFN2O4S. The molecule has 2 rings (SSSR count). The first-order chi connectivity index (χ1) is 9.73. The molecule has 0 saturated carbocycles. The standard InChI is InChI=1S/C12H16BrFN2O4S/c13-8-5-9(14)10(15)6-11(8)21(18,19)16-7-12(17)1-3-20-4-2-12/h5-6,16-17H,1-4,7,15H2. The van der Waals surface area contributed by atoms with Gasteiger partial charge < -0.3 is 15.6 Å². The van der Waals surface area contributed by atoms with Crippen LogP contribution in [-0.2, 0) is 14.8 Å². The Labute approximate surface area is 130 Å². The van der Waals surface area contributed by atoms with Gasteiger partial charge in [-0.3, -0.25) is 0 Å². The van der Waals surface area contributed by atoms with Gasteiger partial charge in [0.15, 0.2) is 0 Å². The number of benzene rings is 1. The number of hydrogen-bond acceptors (Lipinski definition) is 5. The van der Waals surface area contributed by atoms with Gasteiger partial charge in [-0.15, -0.1) is 0 Å². The summed E-state index contributed by atoms with van der Waals surface area (Å²) in [5, 5.41) is 10.2. The van der Waals surface area contributed by atoms with Crippen LogP contribution in [0, 0.1) is 5.82 Å². The summed E-state index contributed by atoms with van der Waals surface area (Å²) in [6, 6.07) is 2.03. The third kappa shape index (κ3) is 3.92. The largest absolute Gasteiger partial charge is 0.396 e. The van der Waals surface area contributed by atoms with Crippen LogP contribution in [0.25, 0.3) is 0 Å². The number of halogens is 2. The summed E-state index contributed by atoms with van der Waals surface area (Å²) in [5.74, 6) is -0.705. The fourth-order valence-electron chi connectivity index (χ4n) is 1.99. The molecule has 4 N–H and O–H groups in total. The molecule has 0 spiro atoms. The van der Waals surface area contributed by atoms with E-state index in [2.05, 4.69) is 20.7 Å². The van der Waals surface area contributed by atoms with Gasteiger partial charge >= 0.3 is 0 Å². The van der Waals surface area contributed by atoms with E-state index in [1.807, 2.05) is 0 Å². The lowest BCUT2D eigenvalue weighted by atomic mass is 9.95. The van der Waals surface area contributed by atoms with Crippen LogP contribution in [0.5, 0.6) is 0 Å². The zero-order valence-corrected chi connectivity index (χ0v) is 13.5. The van der Waals surface area contributed by atoms with Crippen LogP contribution in [0.3, 0.4) is 0 Å². The summed E-state index contributed by atoms with van der Waals surface area (Å²) < 4.78 is 45.3. The molecule has 1 aliphatic rings. The van der Waals surface area contributed by atoms with E-state index < -0.39 is 21.4 Å². The van der Waals surface area contributed by atoms with Crippen molar-refractivity contribution < 1.29 is 22.7 Å². The van der Waals surface area contributed by atoms with Gasteiger partial charge in [0.25, 0.3) is 0 Å². The van der Waals surface area contributed by atoms with Gasteiger partial charge in [-0.1, -0.05) is 0 Å². The minimum absolute atomic E-state index is 0.0701. The molecule has 0 aromatic heterocycles. The fourth-order valence-corrected chi connectivity index (χ4v) is 4.15. The van der Waals surface area contributed by atoms with E-state index in [1.165, 1.54) is 0 Å². The number of sulfonamides is 1. The van der Waals surface area contributed by atoms with E-state index >= 15 is 0 Å². The second-order valence-electron chi connectivity index (χ2n) is 4.97. The Morgan fingerprint density at radius 2 is 2.05 bits per heavy atom. The number of nitrogens with two attached hydrogens (primary N) is 1. The molecule has 0 aliphatic carbocycles. The smallest absolute Gasteiger partial charge is 0.241 e. The Morgan fingerprint density at radius 3 is 2.67 bits per heavy atom. The molecular weight excluding hydrogens is 367 g/mol. The zero-order chi connectivity index (χ0) is 15.7. The van der Waals surface area contributed by atoms with Gasteiger partial charge in [0.05, 0.1) is 16.2 Å². The predicted molar refractivity (Wildman–Crippen MR) is 78.7 cm³/mol. The molecule has 6 nitrogen and oxygen atoms in total. The molecule has 0 bridgehead atoms. The zero-order valence-electron chi connectivity index (χ0n) is 11.1. The highest BCUT2D eigenvalue weighted by atomic mass is 79.9. The van der Waals surface area contributed by atoms with E-state index in [9.17, 15) is 17.9 Å². The van der Waals surface area contributed by atoms with Crippen LogP contribution in [0.2, 0.25) is 0 Å². The maximum atomic E-state index is 13.3. The Bertz CT molecular complexity index is 632. The van der Waals surface area contributed by atoms with E-state index in [0.717, 1.165) is 12.1 Å². The lowest BCUT2D eigenvalue weighted by Gasteiger charge is -2.32. The van der Waals surface area contributed by atoms with Crippen molar-refractivity contribution in [2.24, 2.45) is 0 Å². The summed E-state index contributed by atoms with van der Waals surface area (Å²) in [6.45, 7) is 0.624. The normalized spacial score (nSPS) is 18.6. The molecule has 1 aromatic rings. The summed E-state index contributed by atoms with van der Waals surface area (Å²) in [6.07, 6.45) is 0.699. The van der Waals surface area contributed by atoms with Crippen molar-refractivity contribution in [2.45, 2.75) is 23.3 Å². The molecule has 0 radical (unpaired) electrons. The van der Waals surface area contributed by atoms with Crippen LogP contribution < -0.4 is 10.5 Å². The van der Waals surface area contributed by atoms with Crippen molar-refractivity contribution in [1.82, 2.24) is 4.72 Å². The minimum atomic E-state index is -3.91. The second kappa shape index (κ2) is 6.17. The van der Waals surface area contributed by atoms with Crippen molar-refractivity contribution >= 4 is 31.6 Å². The predicted octanol–water partition coefficient (Wildman–Crippen LogP) is 0.990. The van der Waals surface area contributed by atoms with Crippen LogP contribution >= 0.6 is 15.9 Å². The molecule has 1 aromatic carbocycles. The number of hydrogen-bond donors (Lipinski definition) is 3. The van der Waals surface area contributed by atoms with Gasteiger partial charge in [-0.2, -0.15) is 0 Å². The molecule has 1 heterocycles. The average Bonchev–Trinajstić information content (AvgIpc) is 2.42. The monoisotopic (exact) mass is 382 g/mol. The number of nitrogens with one attached hydrogen (secondary N) is 1. The van der Waals surface area contributed by atoms with Gasteiger partial charge in [-0.25, -0.2) is 17.5 Å². The van der Waals surface area contributed by atoms with E-state index in [0.29, 0.717) is 26.1 Å². The first-order valence-corrected chi connectivity index (χ1v) is 8.55. The summed E-state index contributed by atoms with van der Waals surface area (Å²) >= 11 is 3.00. The summed E-state index contributed by atoms with van der Waals surface area (Å²) in [5.41, 5.74) is 4.00. The number of nitrogen functional groups attached to an aromatic ring is 1. The van der Waals surface area contributed by atoms with Gasteiger partial charge in [0, 0.05) is 37.1 Å². The third-order valence-corrected chi connectivity index (χ3v) is 5.72. The van der Waals surface area contributed by atoms with Gasteiger partial charge in [0.2, 0.25) is 10.0 Å². The quantitative estimate of drug-likeness (QED) is 0.674. The number of anilines is 1. The van der Waals surface area contributed by atoms with Crippen molar-refractivity contribution in [3.8, 4) is 0 Å². The van der Waals surface area contributed by atoms with Gasteiger partial charge in [0.1, 0.15) is 5.82 Å². The maximum Gasteiger partial charge on any atom is 0.241 e.